The summed E-state index contributed by atoms with van der Waals surface area (Å²) in [4.78, 5) is 16.2. The molecule has 0 aliphatic carbocycles. The summed E-state index contributed by atoms with van der Waals surface area (Å²) >= 11 is 6.01. The van der Waals surface area contributed by atoms with Gasteiger partial charge in [-0.3, -0.25) is 4.79 Å². The fraction of sp³-hybridized carbons (Fsp3) is 0.533. The van der Waals surface area contributed by atoms with Crippen molar-refractivity contribution >= 4 is 23.2 Å². The van der Waals surface area contributed by atoms with E-state index in [4.69, 9.17) is 11.6 Å². The van der Waals surface area contributed by atoms with Crippen molar-refractivity contribution < 1.29 is 4.79 Å². The predicted molar refractivity (Wildman–Crippen MR) is 83.4 cm³/mol. The molecule has 0 bridgehead atoms. The molecule has 1 amide bonds. The Balaban J connectivity index is 1.84. The molecule has 0 atom stereocenters. The van der Waals surface area contributed by atoms with Crippen LogP contribution in [0.3, 0.4) is 0 Å². The van der Waals surface area contributed by atoms with Gasteiger partial charge in [0, 0.05) is 42.9 Å². The van der Waals surface area contributed by atoms with Crippen molar-refractivity contribution in [2.75, 3.05) is 37.6 Å². The van der Waals surface area contributed by atoms with Gasteiger partial charge in [-0.2, -0.15) is 0 Å². The number of rotatable bonds is 4. The van der Waals surface area contributed by atoms with Gasteiger partial charge in [-0.15, -0.1) is 0 Å². The van der Waals surface area contributed by atoms with Gasteiger partial charge in [-0.25, -0.2) is 0 Å². The van der Waals surface area contributed by atoms with Crippen LogP contribution < -0.4 is 10.2 Å². The normalized spacial score (nSPS) is 15.8. The van der Waals surface area contributed by atoms with Crippen molar-refractivity contribution in [2.45, 2.75) is 19.9 Å². The quantitative estimate of drug-likeness (QED) is 0.923. The lowest BCUT2D eigenvalue weighted by molar-refractivity contribution is -0.130. The van der Waals surface area contributed by atoms with E-state index in [9.17, 15) is 4.79 Å². The Morgan fingerprint density at radius 3 is 2.60 bits per heavy atom. The second-order valence-electron chi connectivity index (χ2n) is 5.38. The smallest absolute Gasteiger partial charge is 0.236 e. The zero-order chi connectivity index (χ0) is 14.5. The average Bonchev–Trinajstić information content (AvgIpc) is 2.45. The van der Waals surface area contributed by atoms with Crippen molar-refractivity contribution in [3.8, 4) is 0 Å². The Bertz CT molecular complexity index is 456. The SMILES string of the molecule is CC(C)NCC(=O)N1CCN(c2cccc(Cl)c2)CC1. The van der Waals surface area contributed by atoms with Crippen molar-refractivity contribution in [3.63, 3.8) is 0 Å². The largest absolute Gasteiger partial charge is 0.368 e. The van der Waals surface area contributed by atoms with Crippen molar-refractivity contribution in [3.05, 3.63) is 29.3 Å². The Labute approximate surface area is 125 Å². The van der Waals surface area contributed by atoms with Gasteiger partial charge in [0.15, 0.2) is 0 Å². The van der Waals surface area contributed by atoms with E-state index < -0.39 is 0 Å². The Morgan fingerprint density at radius 2 is 2.00 bits per heavy atom. The highest BCUT2D eigenvalue weighted by Crippen LogP contribution is 2.20. The first-order valence-electron chi connectivity index (χ1n) is 7.08. The van der Waals surface area contributed by atoms with E-state index in [-0.39, 0.29) is 5.91 Å². The maximum atomic E-state index is 12.0. The first-order chi connectivity index (χ1) is 9.56. The van der Waals surface area contributed by atoms with E-state index in [1.165, 1.54) is 0 Å². The van der Waals surface area contributed by atoms with Crippen molar-refractivity contribution in [1.82, 2.24) is 10.2 Å². The van der Waals surface area contributed by atoms with Gasteiger partial charge in [-0.05, 0) is 18.2 Å². The van der Waals surface area contributed by atoms with E-state index in [2.05, 4.69) is 16.3 Å². The second kappa shape index (κ2) is 6.95. The molecule has 0 saturated carbocycles. The molecule has 1 aromatic carbocycles. The molecule has 0 spiro atoms. The second-order valence-corrected chi connectivity index (χ2v) is 5.82. The summed E-state index contributed by atoms with van der Waals surface area (Å²) < 4.78 is 0. The number of carbonyl (C=O) groups excluding carboxylic acids is 1. The van der Waals surface area contributed by atoms with E-state index in [1.54, 1.807) is 0 Å². The number of benzene rings is 1. The molecule has 110 valence electrons. The lowest BCUT2D eigenvalue weighted by Crippen LogP contribution is -2.51. The highest BCUT2D eigenvalue weighted by atomic mass is 35.5. The lowest BCUT2D eigenvalue weighted by atomic mass is 10.2. The first-order valence-corrected chi connectivity index (χ1v) is 7.46. The number of carbonyl (C=O) groups is 1. The molecule has 1 N–H and O–H groups in total. The molecule has 0 radical (unpaired) electrons. The molecule has 0 aromatic heterocycles. The zero-order valence-corrected chi connectivity index (χ0v) is 12.9. The fourth-order valence-electron chi connectivity index (χ4n) is 2.29. The summed E-state index contributed by atoms with van der Waals surface area (Å²) in [7, 11) is 0. The summed E-state index contributed by atoms with van der Waals surface area (Å²) in [5, 5.41) is 3.92. The summed E-state index contributed by atoms with van der Waals surface area (Å²) in [5.74, 6) is 0.185. The molecule has 2 rings (SSSR count). The van der Waals surface area contributed by atoms with Gasteiger partial charge in [0.05, 0.1) is 6.54 Å². The van der Waals surface area contributed by atoms with Gasteiger partial charge < -0.3 is 15.1 Å². The van der Waals surface area contributed by atoms with Gasteiger partial charge in [-0.1, -0.05) is 31.5 Å². The molecule has 1 aromatic rings. The highest BCUT2D eigenvalue weighted by Gasteiger charge is 2.21. The summed E-state index contributed by atoms with van der Waals surface area (Å²) in [5.41, 5.74) is 1.13. The molecular formula is C15H22ClN3O. The number of anilines is 1. The van der Waals surface area contributed by atoms with E-state index in [1.807, 2.05) is 36.9 Å². The minimum absolute atomic E-state index is 0.185. The topological polar surface area (TPSA) is 35.6 Å². The number of nitrogens with zero attached hydrogens (tertiary/aromatic N) is 2. The molecule has 5 heteroatoms. The standard InChI is InChI=1S/C15H22ClN3O/c1-12(2)17-11-15(20)19-8-6-18(7-9-19)14-5-3-4-13(16)10-14/h3-5,10,12,17H,6-9,11H2,1-2H3. The molecule has 20 heavy (non-hydrogen) atoms. The van der Waals surface area contributed by atoms with Crippen LogP contribution in [-0.4, -0.2) is 49.6 Å². The molecule has 1 fully saturated rings. The van der Waals surface area contributed by atoms with Crippen LogP contribution in [0, 0.1) is 0 Å². The maximum Gasteiger partial charge on any atom is 0.236 e. The van der Waals surface area contributed by atoms with Gasteiger partial charge in [0.25, 0.3) is 0 Å². The van der Waals surface area contributed by atoms with Crippen LogP contribution in [-0.2, 0) is 4.79 Å². The first kappa shape index (κ1) is 15.1. The summed E-state index contributed by atoms with van der Waals surface area (Å²) in [6.45, 7) is 7.77. The maximum absolute atomic E-state index is 12.0. The summed E-state index contributed by atoms with van der Waals surface area (Å²) in [6.07, 6.45) is 0. The third-order valence-corrected chi connectivity index (χ3v) is 3.70. The van der Waals surface area contributed by atoms with Crippen LogP contribution in [0.15, 0.2) is 24.3 Å². The Hall–Kier alpha value is -1.26. The van der Waals surface area contributed by atoms with Gasteiger partial charge in [0.2, 0.25) is 5.91 Å². The number of piperazine rings is 1. The Morgan fingerprint density at radius 1 is 1.30 bits per heavy atom. The minimum atomic E-state index is 0.185. The number of hydrogen-bond acceptors (Lipinski definition) is 3. The van der Waals surface area contributed by atoms with Crippen LogP contribution in [0.5, 0.6) is 0 Å². The third kappa shape index (κ3) is 4.12. The van der Waals surface area contributed by atoms with Crippen molar-refractivity contribution in [2.24, 2.45) is 0 Å². The Kier molecular flexibility index (Phi) is 5.26. The van der Waals surface area contributed by atoms with Gasteiger partial charge in [0.1, 0.15) is 0 Å². The zero-order valence-electron chi connectivity index (χ0n) is 12.1. The average molecular weight is 296 g/mol. The highest BCUT2D eigenvalue weighted by molar-refractivity contribution is 6.30. The van der Waals surface area contributed by atoms with Crippen LogP contribution in [0.25, 0.3) is 0 Å². The molecule has 1 aliphatic rings. The molecule has 1 heterocycles. The lowest BCUT2D eigenvalue weighted by Gasteiger charge is -2.36. The van der Waals surface area contributed by atoms with E-state index in [0.717, 1.165) is 36.9 Å². The van der Waals surface area contributed by atoms with Crippen LogP contribution >= 0.6 is 11.6 Å². The minimum Gasteiger partial charge on any atom is -0.368 e. The number of halogens is 1. The van der Waals surface area contributed by atoms with Crippen LogP contribution in [0.4, 0.5) is 5.69 Å². The third-order valence-electron chi connectivity index (χ3n) is 3.47. The number of amides is 1. The number of hydrogen-bond donors (Lipinski definition) is 1. The predicted octanol–water partition coefficient (Wildman–Crippen LogP) is 1.99. The molecule has 1 aliphatic heterocycles. The fourth-order valence-corrected chi connectivity index (χ4v) is 2.47. The molecule has 4 nitrogen and oxygen atoms in total. The summed E-state index contributed by atoms with van der Waals surface area (Å²) in [6, 6.07) is 8.21. The van der Waals surface area contributed by atoms with E-state index in [0.29, 0.717) is 12.6 Å². The van der Waals surface area contributed by atoms with Gasteiger partial charge >= 0.3 is 0 Å². The van der Waals surface area contributed by atoms with Crippen LogP contribution in [0.1, 0.15) is 13.8 Å². The van der Waals surface area contributed by atoms with Crippen molar-refractivity contribution in [1.29, 1.82) is 0 Å². The number of nitrogens with one attached hydrogen (secondary N) is 1. The van der Waals surface area contributed by atoms with E-state index >= 15 is 0 Å². The monoisotopic (exact) mass is 295 g/mol. The van der Waals surface area contributed by atoms with Crippen LogP contribution in [0.2, 0.25) is 5.02 Å². The molecular weight excluding hydrogens is 274 g/mol. The molecule has 1 saturated heterocycles. The molecule has 0 unspecified atom stereocenters.